The molecule has 1 fully saturated rings. The number of aliphatic imine (C=N–C) groups is 1. The Balaban J connectivity index is 2.29. The number of hydrogen-bond acceptors (Lipinski definition) is 4. The summed E-state index contributed by atoms with van der Waals surface area (Å²) in [7, 11) is 0. The normalized spacial score (nSPS) is 15.1. The summed E-state index contributed by atoms with van der Waals surface area (Å²) in [6, 6.07) is 2.02. The van der Waals surface area contributed by atoms with Gasteiger partial charge in [-0.25, -0.2) is 4.99 Å². The SMILES string of the molecule is C=CNCc1nccc(C=C)c1CCC(=C(C)C)/C(C)=C(/N=C)NC1(C)CC1. The van der Waals surface area contributed by atoms with Crippen molar-refractivity contribution in [1.82, 2.24) is 15.6 Å². The fraction of sp³-hybridized carbons (Fsp3) is 0.417. The molecule has 0 atom stereocenters. The van der Waals surface area contributed by atoms with Crippen molar-refractivity contribution in [1.29, 1.82) is 0 Å². The highest BCUT2D eigenvalue weighted by Gasteiger charge is 2.38. The number of pyridine rings is 1. The summed E-state index contributed by atoms with van der Waals surface area (Å²) in [6.45, 7) is 20.9. The zero-order chi connectivity index (χ0) is 20.7. The minimum absolute atomic E-state index is 0.174. The summed E-state index contributed by atoms with van der Waals surface area (Å²) < 4.78 is 0. The van der Waals surface area contributed by atoms with E-state index < -0.39 is 0 Å². The Morgan fingerprint density at radius 1 is 1.29 bits per heavy atom. The second kappa shape index (κ2) is 9.54. The minimum atomic E-state index is 0.174. The molecule has 150 valence electrons. The Morgan fingerprint density at radius 3 is 2.54 bits per heavy atom. The molecule has 4 nitrogen and oxygen atoms in total. The molecule has 0 unspecified atom stereocenters. The lowest BCUT2D eigenvalue weighted by atomic mass is 9.92. The maximum Gasteiger partial charge on any atom is 0.128 e. The largest absolute Gasteiger partial charge is 0.386 e. The lowest BCUT2D eigenvalue weighted by molar-refractivity contribution is 0.600. The van der Waals surface area contributed by atoms with Crippen LogP contribution in [0.2, 0.25) is 0 Å². The van der Waals surface area contributed by atoms with Gasteiger partial charge in [0, 0.05) is 11.7 Å². The van der Waals surface area contributed by atoms with Crippen molar-refractivity contribution in [3.63, 3.8) is 0 Å². The molecule has 28 heavy (non-hydrogen) atoms. The van der Waals surface area contributed by atoms with Crippen LogP contribution in [0.25, 0.3) is 6.08 Å². The van der Waals surface area contributed by atoms with Crippen LogP contribution in [-0.4, -0.2) is 17.2 Å². The van der Waals surface area contributed by atoms with Gasteiger partial charge >= 0.3 is 0 Å². The molecule has 0 aliphatic heterocycles. The first kappa shape index (κ1) is 21.7. The topological polar surface area (TPSA) is 49.3 Å². The Labute approximate surface area is 170 Å². The Morgan fingerprint density at radius 2 is 2.00 bits per heavy atom. The van der Waals surface area contributed by atoms with Crippen molar-refractivity contribution >= 4 is 12.8 Å². The number of aromatic nitrogens is 1. The average molecular weight is 379 g/mol. The van der Waals surface area contributed by atoms with Gasteiger partial charge < -0.3 is 10.6 Å². The van der Waals surface area contributed by atoms with E-state index in [1.807, 2.05) is 18.3 Å². The number of nitrogens with one attached hydrogen (secondary N) is 2. The lowest BCUT2D eigenvalue weighted by Crippen LogP contribution is -2.27. The van der Waals surface area contributed by atoms with Gasteiger partial charge in [0.05, 0.1) is 12.2 Å². The van der Waals surface area contributed by atoms with E-state index in [0.29, 0.717) is 6.54 Å². The molecule has 1 aromatic heterocycles. The van der Waals surface area contributed by atoms with Crippen LogP contribution >= 0.6 is 0 Å². The van der Waals surface area contributed by atoms with Crippen LogP contribution in [0.4, 0.5) is 0 Å². The predicted molar refractivity (Wildman–Crippen MR) is 121 cm³/mol. The van der Waals surface area contributed by atoms with Crippen LogP contribution in [0, 0.1) is 0 Å². The van der Waals surface area contributed by atoms with Gasteiger partial charge in [-0.05, 0) is 94.6 Å². The van der Waals surface area contributed by atoms with Gasteiger partial charge in [0.25, 0.3) is 0 Å². The third kappa shape index (κ3) is 5.44. The summed E-state index contributed by atoms with van der Waals surface area (Å²) in [5.74, 6) is 0.903. The number of allylic oxidation sites excluding steroid dienone is 3. The first-order valence-corrected chi connectivity index (χ1v) is 9.91. The minimum Gasteiger partial charge on any atom is -0.386 e. The van der Waals surface area contributed by atoms with Crippen molar-refractivity contribution in [3.8, 4) is 0 Å². The molecule has 1 heterocycles. The van der Waals surface area contributed by atoms with E-state index in [-0.39, 0.29) is 5.54 Å². The quantitative estimate of drug-likeness (QED) is 0.406. The average Bonchev–Trinajstić information content (AvgIpc) is 3.41. The molecule has 0 bridgehead atoms. The maximum atomic E-state index is 4.57. The third-order valence-corrected chi connectivity index (χ3v) is 5.43. The first-order chi connectivity index (χ1) is 13.3. The molecular formula is C24H34N4. The molecule has 1 aliphatic carbocycles. The van der Waals surface area contributed by atoms with Gasteiger partial charge in [-0.3, -0.25) is 4.98 Å². The molecule has 0 saturated heterocycles. The Bertz CT molecular complexity index is 806. The van der Waals surface area contributed by atoms with Gasteiger partial charge in [0.2, 0.25) is 0 Å². The molecule has 2 N–H and O–H groups in total. The maximum absolute atomic E-state index is 4.57. The highest BCUT2D eigenvalue weighted by molar-refractivity contribution is 5.53. The summed E-state index contributed by atoms with van der Waals surface area (Å²) in [5.41, 5.74) is 7.38. The highest BCUT2D eigenvalue weighted by atomic mass is 15.1. The highest BCUT2D eigenvalue weighted by Crippen LogP contribution is 2.36. The molecular weight excluding hydrogens is 344 g/mol. The molecule has 4 heteroatoms. The van der Waals surface area contributed by atoms with E-state index in [9.17, 15) is 0 Å². The van der Waals surface area contributed by atoms with Crippen LogP contribution in [0.1, 0.15) is 63.8 Å². The van der Waals surface area contributed by atoms with Gasteiger partial charge in [0.1, 0.15) is 5.82 Å². The van der Waals surface area contributed by atoms with E-state index in [1.165, 1.54) is 35.1 Å². The fourth-order valence-electron chi connectivity index (χ4n) is 3.41. The van der Waals surface area contributed by atoms with Crippen molar-refractivity contribution < 1.29 is 0 Å². The Kier molecular flexibility index (Phi) is 7.38. The number of rotatable bonds is 11. The Hall–Kier alpha value is -2.62. The lowest BCUT2D eigenvalue weighted by Gasteiger charge is -2.20. The zero-order valence-corrected chi connectivity index (χ0v) is 17.9. The van der Waals surface area contributed by atoms with Crippen LogP contribution < -0.4 is 10.6 Å². The molecule has 1 aromatic rings. The van der Waals surface area contributed by atoms with Crippen LogP contribution in [0.15, 0.2) is 59.2 Å². The predicted octanol–water partition coefficient (Wildman–Crippen LogP) is 5.30. The second-order valence-electron chi connectivity index (χ2n) is 7.91. The summed E-state index contributed by atoms with van der Waals surface area (Å²) in [4.78, 5) is 8.87. The fourth-order valence-corrected chi connectivity index (χ4v) is 3.41. The van der Waals surface area contributed by atoms with E-state index >= 15 is 0 Å². The molecule has 0 radical (unpaired) electrons. The van der Waals surface area contributed by atoms with Crippen molar-refractivity contribution in [2.75, 3.05) is 0 Å². The van der Waals surface area contributed by atoms with Gasteiger partial charge in [-0.1, -0.05) is 24.8 Å². The molecule has 0 spiro atoms. The monoisotopic (exact) mass is 378 g/mol. The second-order valence-corrected chi connectivity index (χ2v) is 7.91. The number of hydrogen-bond donors (Lipinski definition) is 2. The van der Waals surface area contributed by atoms with Gasteiger partial charge in [0.15, 0.2) is 0 Å². The van der Waals surface area contributed by atoms with Crippen molar-refractivity contribution in [2.24, 2.45) is 4.99 Å². The first-order valence-electron chi connectivity index (χ1n) is 9.91. The molecule has 0 amide bonds. The zero-order valence-electron chi connectivity index (χ0n) is 17.9. The molecule has 2 rings (SSSR count). The van der Waals surface area contributed by atoms with Crippen molar-refractivity contribution in [2.45, 2.75) is 65.5 Å². The van der Waals surface area contributed by atoms with E-state index in [1.54, 1.807) is 6.20 Å². The smallest absolute Gasteiger partial charge is 0.128 e. The molecule has 1 aliphatic rings. The molecule has 0 aromatic carbocycles. The molecule has 1 saturated carbocycles. The number of nitrogens with zero attached hydrogens (tertiary/aromatic N) is 2. The third-order valence-electron chi connectivity index (χ3n) is 5.43. The summed E-state index contributed by atoms with van der Waals surface area (Å²) >= 11 is 0. The summed E-state index contributed by atoms with van der Waals surface area (Å²) in [6.07, 6.45) is 9.62. The van der Waals surface area contributed by atoms with Crippen molar-refractivity contribution in [3.05, 3.63) is 71.0 Å². The van der Waals surface area contributed by atoms with E-state index in [4.69, 9.17) is 0 Å². The van der Waals surface area contributed by atoms with Crippen LogP contribution in [-0.2, 0) is 13.0 Å². The van der Waals surface area contributed by atoms with E-state index in [0.717, 1.165) is 29.9 Å². The van der Waals surface area contributed by atoms with E-state index in [2.05, 4.69) is 68.2 Å². The summed E-state index contributed by atoms with van der Waals surface area (Å²) in [5, 5.41) is 6.74. The van der Waals surface area contributed by atoms with Gasteiger partial charge in [-0.15, -0.1) is 0 Å². The van der Waals surface area contributed by atoms with Crippen LogP contribution in [0.5, 0.6) is 0 Å². The van der Waals surface area contributed by atoms with Gasteiger partial charge in [-0.2, -0.15) is 0 Å². The van der Waals surface area contributed by atoms with Crippen LogP contribution in [0.3, 0.4) is 0 Å². The standard InChI is InChI=1S/C24H34N4/c1-8-19-12-15-27-22(16-26-9-2)21(19)11-10-20(17(3)4)18(5)23(25-7)28-24(6)13-14-24/h8-9,12,15,26,28H,1-2,7,10-11,13-14,16H2,3-6H3/b23-18-.